The molecule has 1 aliphatic heterocycles. The standard InChI is InChI=1S/C16H34N4O/c1-13(2)15(11-18(3)4)17-14-7-9-20(10-8-14)12-16(21)19(5)6/h13-15,17H,7-12H2,1-6H3. The highest BCUT2D eigenvalue weighted by molar-refractivity contribution is 5.77. The topological polar surface area (TPSA) is 38.8 Å². The number of likely N-dealkylation sites (tertiary alicyclic amines) is 1. The van der Waals surface area contributed by atoms with E-state index >= 15 is 0 Å². The lowest BCUT2D eigenvalue weighted by Gasteiger charge is -2.36. The number of piperidine rings is 1. The highest BCUT2D eigenvalue weighted by atomic mass is 16.2. The maximum absolute atomic E-state index is 11.7. The van der Waals surface area contributed by atoms with Crippen molar-refractivity contribution in [3.8, 4) is 0 Å². The predicted octanol–water partition coefficient (Wildman–Crippen LogP) is 0.715. The van der Waals surface area contributed by atoms with Crippen LogP contribution in [-0.2, 0) is 4.79 Å². The lowest BCUT2D eigenvalue weighted by molar-refractivity contribution is -0.130. The van der Waals surface area contributed by atoms with Crippen molar-refractivity contribution in [1.29, 1.82) is 0 Å². The summed E-state index contributed by atoms with van der Waals surface area (Å²) in [6, 6.07) is 1.13. The summed E-state index contributed by atoms with van der Waals surface area (Å²) in [6.07, 6.45) is 2.27. The zero-order chi connectivity index (χ0) is 16.0. The molecule has 0 aliphatic carbocycles. The maximum Gasteiger partial charge on any atom is 0.236 e. The monoisotopic (exact) mass is 298 g/mol. The van der Waals surface area contributed by atoms with Crippen molar-refractivity contribution in [3.63, 3.8) is 0 Å². The fourth-order valence-electron chi connectivity index (χ4n) is 2.74. The van der Waals surface area contributed by atoms with Gasteiger partial charge in [-0.1, -0.05) is 13.8 Å². The first-order valence-corrected chi connectivity index (χ1v) is 8.13. The largest absolute Gasteiger partial charge is 0.348 e. The second kappa shape index (κ2) is 8.71. The smallest absolute Gasteiger partial charge is 0.236 e. The van der Waals surface area contributed by atoms with Crippen LogP contribution in [-0.4, -0.2) is 87.1 Å². The molecule has 1 unspecified atom stereocenters. The molecule has 0 spiro atoms. The first-order chi connectivity index (χ1) is 9.79. The van der Waals surface area contributed by atoms with E-state index in [1.54, 1.807) is 4.90 Å². The van der Waals surface area contributed by atoms with Crippen molar-refractivity contribution in [2.24, 2.45) is 5.92 Å². The van der Waals surface area contributed by atoms with Crippen LogP contribution in [0.2, 0.25) is 0 Å². The molecule has 21 heavy (non-hydrogen) atoms. The van der Waals surface area contributed by atoms with E-state index in [4.69, 9.17) is 0 Å². The van der Waals surface area contributed by atoms with Crippen LogP contribution in [0.1, 0.15) is 26.7 Å². The van der Waals surface area contributed by atoms with Gasteiger partial charge in [-0.2, -0.15) is 0 Å². The number of carbonyl (C=O) groups is 1. The Morgan fingerprint density at radius 2 is 1.76 bits per heavy atom. The number of likely N-dealkylation sites (N-methyl/N-ethyl adjacent to an activating group) is 2. The van der Waals surface area contributed by atoms with E-state index in [0.717, 1.165) is 32.5 Å². The van der Waals surface area contributed by atoms with Crippen molar-refractivity contribution in [3.05, 3.63) is 0 Å². The van der Waals surface area contributed by atoms with E-state index in [1.165, 1.54) is 0 Å². The normalized spacial score (nSPS) is 19.2. The lowest BCUT2D eigenvalue weighted by atomic mass is 9.98. The van der Waals surface area contributed by atoms with Crippen molar-refractivity contribution in [2.75, 3.05) is 54.4 Å². The van der Waals surface area contributed by atoms with Gasteiger partial charge < -0.3 is 15.1 Å². The predicted molar refractivity (Wildman–Crippen MR) is 88.5 cm³/mol. The van der Waals surface area contributed by atoms with E-state index in [9.17, 15) is 4.79 Å². The Labute approximate surface area is 130 Å². The summed E-state index contributed by atoms with van der Waals surface area (Å²) in [7, 11) is 7.91. The molecular weight excluding hydrogens is 264 g/mol. The van der Waals surface area contributed by atoms with Crippen LogP contribution in [0.5, 0.6) is 0 Å². The minimum atomic E-state index is 0.203. The van der Waals surface area contributed by atoms with Gasteiger partial charge in [0.1, 0.15) is 0 Å². The summed E-state index contributed by atoms with van der Waals surface area (Å²) in [6.45, 7) is 8.24. The lowest BCUT2D eigenvalue weighted by Crippen LogP contribution is -2.51. The second-order valence-electron chi connectivity index (χ2n) is 7.12. The molecule has 1 atom stereocenters. The SMILES string of the molecule is CC(C)C(CN(C)C)NC1CCN(CC(=O)N(C)C)CC1. The molecule has 0 radical (unpaired) electrons. The van der Waals surface area contributed by atoms with Gasteiger partial charge in [0, 0.05) is 45.8 Å². The maximum atomic E-state index is 11.7. The molecule has 1 fully saturated rings. The van der Waals surface area contributed by atoms with Gasteiger partial charge in [0.15, 0.2) is 0 Å². The summed E-state index contributed by atoms with van der Waals surface area (Å²) in [5.74, 6) is 0.842. The van der Waals surface area contributed by atoms with Gasteiger partial charge in [-0.05, 0) is 32.9 Å². The van der Waals surface area contributed by atoms with Crippen LogP contribution in [0.25, 0.3) is 0 Å². The van der Waals surface area contributed by atoms with Gasteiger partial charge >= 0.3 is 0 Å². The summed E-state index contributed by atoms with van der Waals surface area (Å²) in [5.41, 5.74) is 0. The molecular formula is C16H34N4O. The van der Waals surface area contributed by atoms with Crippen molar-refractivity contribution < 1.29 is 4.79 Å². The van der Waals surface area contributed by atoms with E-state index < -0.39 is 0 Å². The fraction of sp³-hybridized carbons (Fsp3) is 0.938. The third-order valence-electron chi connectivity index (χ3n) is 4.26. The highest BCUT2D eigenvalue weighted by Gasteiger charge is 2.24. The number of hydrogen-bond donors (Lipinski definition) is 1. The van der Waals surface area contributed by atoms with Crippen molar-refractivity contribution in [1.82, 2.24) is 20.0 Å². The highest BCUT2D eigenvalue weighted by Crippen LogP contribution is 2.13. The van der Waals surface area contributed by atoms with Crippen LogP contribution in [0.3, 0.4) is 0 Å². The Morgan fingerprint density at radius 3 is 2.19 bits per heavy atom. The number of nitrogens with zero attached hydrogens (tertiary/aromatic N) is 3. The summed E-state index contributed by atoms with van der Waals surface area (Å²) in [4.78, 5) is 17.9. The molecule has 5 heteroatoms. The van der Waals surface area contributed by atoms with E-state index in [0.29, 0.717) is 24.5 Å². The Hall–Kier alpha value is -0.650. The van der Waals surface area contributed by atoms with Crippen molar-refractivity contribution >= 4 is 5.91 Å². The molecule has 1 amide bonds. The van der Waals surface area contributed by atoms with Gasteiger partial charge in [0.2, 0.25) is 5.91 Å². The summed E-state index contributed by atoms with van der Waals surface area (Å²) >= 11 is 0. The summed E-state index contributed by atoms with van der Waals surface area (Å²) < 4.78 is 0. The van der Waals surface area contributed by atoms with Crippen LogP contribution in [0.4, 0.5) is 0 Å². The van der Waals surface area contributed by atoms with Crippen molar-refractivity contribution in [2.45, 2.75) is 38.8 Å². The fourth-order valence-corrected chi connectivity index (χ4v) is 2.74. The zero-order valence-electron chi connectivity index (χ0n) is 14.7. The molecule has 0 bridgehead atoms. The van der Waals surface area contributed by atoms with Crippen LogP contribution in [0.15, 0.2) is 0 Å². The van der Waals surface area contributed by atoms with E-state index in [1.807, 2.05) is 14.1 Å². The Kier molecular flexibility index (Phi) is 7.63. The van der Waals surface area contributed by atoms with Crippen LogP contribution < -0.4 is 5.32 Å². The Balaban J connectivity index is 2.36. The van der Waals surface area contributed by atoms with Crippen LogP contribution in [0, 0.1) is 5.92 Å². The number of hydrogen-bond acceptors (Lipinski definition) is 4. The number of amides is 1. The van der Waals surface area contributed by atoms with Gasteiger partial charge in [-0.15, -0.1) is 0 Å². The van der Waals surface area contributed by atoms with E-state index in [2.05, 4.69) is 43.1 Å². The summed E-state index contributed by atoms with van der Waals surface area (Å²) in [5, 5.41) is 3.82. The second-order valence-corrected chi connectivity index (χ2v) is 7.12. The van der Waals surface area contributed by atoms with Gasteiger partial charge in [-0.3, -0.25) is 9.69 Å². The zero-order valence-corrected chi connectivity index (χ0v) is 14.7. The third kappa shape index (κ3) is 6.76. The molecule has 0 aromatic heterocycles. The first-order valence-electron chi connectivity index (χ1n) is 8.13. The molecule has 5 nitrogen and oxygen atoms in total. The number of rotatable bonds is 7. The molecule has 1 rings (SSSR count). The average Bonchev–Trinajstić information content (AvgIpc) is 2.39. The Morgan fingerprint density at radius 1 is 1.19 bits per heavy atom. The van der Waals surface area contributed by atoms with Gasteiger partial charge in [-0.25, -0.2) is 0 Å². The molecule has 0 saturated carbocycles. The molecule has 0 aromatic rings. The third-order valence-corrected chi connectivity index (χ3v) is 4.26. The Bertz CT molecular complexity index is 309. The molecule has 1 N–H and O–H groups in total. The van der Waals surface area contributed by atoms with E-state index in [-0.39, 0.29) is 5.91 Å². The molecule has 1 aliphatic rings. The van der Waals surface area contributed by atoms with Gasteiger partial charge in [0.05, 0.1) is 6.54 Å². The van der Waals surface area contributed by atoms with Crippen LogP contribution >= 0.6 is 0 Å². The number of nitrogens with one attached hydrogen (secondary N) is 1. The quantitative estimate of drug-likeness (QED) is 0.751. The minimum absolute atomic E-state index is 0.203. The minimum Gasteiger partial charge on any atom is -0.348 e. The first kappa shape index (κ1) is 18.4. The molecule has 1 heterocycles. The molecule has 0 aromatic carbocycles. The average molecular weight is 298 g/mol. The molecule has 1 saturated heterocycles. The molecule has 124 valence electrons. The number of carbonyl (C=O) groups excluding carboxylic acids is 1. The van der Waals surface area contributed by atoms with Gasteiger partial charge in [0.25, 0.3) is 0 Å².